The molecule has 106 valence electrons. The predicted molar refractivity (Wildman–Crippen MR) is 86.2 cm³/mol. The quantitative estimate of drug-likeness (QED) is 0.721. The van der Waals surface area contributed by atoms with E-state index in [1.54, 1.807) is 7.11 Å². The van der Waals surface area contributed by atoms with Crippen molar-refractivity contribution in [3.8, 4) is 11.5 Å². The van der Waals surface area contributed by atoms with Crippen LogP contribution in [-0.4, -0.2) is 19.0 Å². The maximum Gasteiger partial charge on any atom is 0.161 e. The van der Waals surface area contributed by atoms with E-state index in [-0.39, 0.29) is 0 Å². The normalized spacial score (nSPS) is 11.9. The zero-order valence-electron chi connectivity index (χ0n) is 11.8. The van der Waals surface area contributed by atoms with Crippen LogP contribution in [0.2, 0.25) is 0 Å². The molecule has 0 heterocycles. The highest BCUT2D eigenvalue weighted by atomic mass is 79.9. The lowest BCUT2D eigenvalue weighted by Crippen LogP contribution is -2.12. The fourth-order valence-corrected chi connectivity index (χ4v) is 2.60. The van der Waals surface area contributed by atoms with Crippen LogP contribution in [0.25, 0.3) is 0 Å². The molecular formula is C17H19BrO2. The van der Waals surface area contributed by atoms with Gasteiger partial charge in [0.25, 0.3) is 0 Å². The molecule has 0 amide bonds. The second-order valence-electron chi connectivity index (χ2n) is 4.73. The van der Waals surface area contributed by atoms with E-state index >= 15 is 0 Å². The number of hydrogen-bond acceptors (Lipinski definition) is 2. The molecule has 2 rings (SSSR count). The van der Waals surface area contributed by atoms with Crippen molar-refractivity contribution in [3.05, 3.63) is 59.7 Å². The lowest BCUT2D eigenvalue weighted by Gasteiger charge is -2.17. The first-order valence-corrected chi connectivity index (χ1v) is 7.75. The van der Waals surface area contributed by atoms with Crippen LogP contribution < -0.4 is 9.47 Å². The molecule has 0 N–H and O–H groups in total. The van der Waals surface area contributed by atoms with E-state index in [0.29, 0.717) is 12.5 Å². The third-order valence-electron chi connectivity index (χ3n) is 3.22. The van der Waals surface area contributed by atoms with Crippen molar-refractivity contribution in [1.29, 1.82) is 0 Å². The van der Waals surface area contributed by atoms with Crippen LogP contribution in [0.15, 0.2) is 48.5 Å². The molecule has 0 aliphatic rings. The molecule has 0 fully saturated rings. The van der Waals surface area contributed by atoms with E-state index in [9.17, 15) is 0 Å². The first kappa shape index (κ1) is 14.9. The van der Waals surface area contributed by atoms with Gasteiger partial charge in [0.2, 0.25) is 0 Å². The van der Waals surface area contributed by atoms with Gasteiger partial charge in [0.15, 0.2) is 11.5 Å². The van der Waals surface area contributed by atoms with Crippen molar-refractivity contribution in [2.24, 2.45) is 0 Å². The first-order valence-electron chi connectivity index (χ1n) is 6.63. The summed E-state index contributed by atoms with van der Waals surface area (Å²) < 4.78 is 11.3. The third kappa shape index (κ3) is 3.76. The van der Waals surface area contributed by atoms with Crippen LogP contribution in [0.1, 0.15) is 17.0 Å². The van der Waals surface area contributed by atoms with Gasteiger partial charge >= 0.3 is 0 Å². The maximum absolute atomic E-state index is 5.94. The van der Waals surface area contributed by atoms with Gasteiger partial charge < -0.3 is 9.47 Å². The SMILES string of the molecule is COc1cc(C)ccc1OCC(CBr)c1ccccc1. The molecule has 2 aromatic carbocycles. The van der Waals surface area contributed by atoms with Crippen LogP contribution in [0, 0.1) is 6.92 Å². The summed E-state index contributed by atoms with van der Waals surface area (Å²) in [4.78, 5) is 0. The van der Waals surface area contributed by atoms with Crippen LogP contribution in [0.5, 0.6) is 11.5 Å². The highest BCUT2D eigenvalue weighted by molar-refractivity contribution is 9.09. The lowest BCUT2D eigenvalue weighted by atomic mass is 10.0. The molecule has 0 saturated heterocycles. The van der Waals surface area contributed by atoms with Gasteiger partial charge in [-0.1, -0.05) is 52.3 Å². The van der Waals surface area contributed by atoms with Crippen molar-refractivity contribution in [3.63, 3.8) is 0 Å². The molecule has 0 spiro atoms. The van der Waals surface area contributed by atoms with E-state index in [2.05, 4.69) is 40.2 Å². The maximum atomic E-state index is 5.94. The summed E-state index contributed by atoms with van der Waals surface area (Å²) >= 11 is 3.56. The zero-order valence-corrected chi connectivity index (χ0v) is 13.4. The standard InChI is InChI=1S/C17H19BrO2/c1-13-8-9-16(17(10-13)19-2)20-12-15(11-18)14-6-4-3-5-7-14/h3-10,15H,11-12H2,1-2H3. The Kier molecular flexibility index (Phi) is 5.48. The largest absolute Gasteiger partial charge is 0.493 e. The highest BCUT2D eigenvalue weighted by Gasteiger charge is 2.12. The number of alkyl halides is 1. The summed E-state index contributed by atoms with van der Waals surface area (Å²) in [5.74, 6) is 1.90. The molecule has 0 saturated carbocycles. The molecule has 2 nitrogen and oxygen atoms in total. The summed E-state index contributed by atoms with van der Waals surface area (Å²) in [7, 11) is 1.67. The Morgan fingerprint density at radius 1 is 1.05 bits per heavy atom. The first-order chi connectivity index (χ1) is 9.74. The number of rotatable bonds is 6. The monoisotopic (exact) mass is 334 g/mol. The Bertz CT molecular complexity index is 540. The zero-order chi connectivity index (χ0) is 14.4. The smallest absolute Gasteiger partial charge is 0.161 e. The average molecular weight is 335 g/mol. The molecule has 20 heavy (non-hydrogen) atoms. The van der Waals surface area contributed by atoms with Gasteiger partial charge in [-0.05, 0) is 30.2 Å². The fraction of sp³-hybridized carbons (Fsp3) is 0.294. The Morgan fingerprint density at radius 3 is 2.45 bits per heavy atom. The summed E-state index contributed by atoms with van der Waals surface area (Å²) in [5.41, 5.74) is 2.43. The topological polar surface area (TPSA) is 18.5 Å². The van der Waals surface area contributed by atoms with Gasteiger partial charge in [-0.3, -0.25) is 0 Å². The van der Waals surface area contributed by atoms with E-state index in [1.165, 1.54) is 5.56 Å². The van der Waals surface area contributed by atoms with Gasteiger partial charge in [0, 0.05) is 11.2 Å². The Hall–Kier alpha value is -1.48. The van der Waals surface area contributed by atoms with Crippen molar-refractivity contribution >= 4 is 15.9 Å². The molecule has 0 aromatic heterocycles. The Labute approximate surface area is 128 Å². The molecule has 1 atom stereocenters. The molecular weight excluding hydrogens is 316 g/mol. The summed E-state index contributed by atoms with van der Waals surface area (Å²) in [6.07, 6.45) is 0. The summed E-state index contributed by atoms with van der Waals surface area (Å²) in [6, 6.07) is 16.4. The van der Waals surface area contributed by atoms with Crippen molar-refractivity contribution < 1.29 is 9.47 Å². The number of hydrogen-bond donors (Lipinski definition) is 0. The molecule has 0 radical (unpaired) electrons. The molecule has 3 heteroatoms. The van der Waals surface area contributed by atoms with Gasteiger partial charge in [-0.25, -0.2) is 0 Å². The second-order valence-corrected chi connectivity index (χ2v) is 5.37. The van der Waals surface area contributed by atoms with Crippen LogP contribution in [0.3, 0.4) is 0 Å². The van der Waals surface area contributed by atoms with E-state index in [1.807, 2.05) is 31.2 Å². The Balaban J connectivity index is 2.07. The highest BCUT2D eigenvalue weighted by Crippen LogP contribution is 2.29. The van der Waals surface area contributed by atoms with E-state index in [4.69, 9.17) is 9.47 Å². The van der Waals surface area contributed by atoms with E-state index < -0.39 is 0 Å². The third-order valence-corrected chi connectivity index (χ3v) is 4.00. The summed E-state index contributed by atoms with van der Waals surface area (Å²) in [6.45, 7) is 2.66. The van der Waals surface area contributed by atoms with Gasteiger partial charge in [-0.15, -0.1) is 0 Å². The second kappa shape index (κ2) is 7.34. The van der Waals surface area contributed by atoms with Gasteiger partial charge in [0.1, 0.15) is 0 Å². The number of ether oxygens (including phenoxy) is 2. The molecule has 0 aliphatic carbocycles. The molecule has 0 bridgehead atoms. The van der Waals surface area contributed by atoms with Crippen molar-refractivity contribution in [1.82, 2.24) is 0 Å². The van der Waals surface area contributed by atoms with Crippen molar-refractivity contribution in [2.45, 2.75) is 12.8 Å². The van der Waals surface area contributed by atoms with Crippen molar-refractivity contribution in [2.75, 3.05) is 19.0 Å². The van der Waals surface area contributed by atoms with Crippen LogP contribution in [0.4, 0.5) is 0 Å². The Morgan fingerprint density at radius 2 is 1.80 bits per heavy atom. The number of benzene rings is 2. The van der Waals surface area contributed by atoms with Gasteiger partial charge in [0.05, 0.1) is 13.7 Å². The van der Waals surface area contributed by atoms with Crippen LogP contribution >= 0.6 is 15.9 Å². The predicted octanol–water partition coefficient (Wildman–Crippen LogP) is 4.56. The number of methoxy groups -OCH3 is 1. The summed E-state index contributed by atoms with van der Waals surface area (Å²) in [5, 5.41) is 0.866. The molecule has 1 unspecified atom stereocenters. The minimum atomic E-state index is 0.321. The van der Waals surface area contributed by atoms with Crippen LogP contribution in [-0.2, 0) is 0 Å². The average Bonchev–Trinajstić information content (AvgIpc) is 2.50. The fourth-order valence-electron chi connectivity index (χ4n) is 2.04. The van der Waals surface area contributed by atoms with Gasteiger partial charge in [-0.2, -0.15) is 0 Å². The number of aryl methyl sites for hydroxylation is 1. The number of halogens is 1. The minimum absolute atomic E-state index is 0.321. The van der Waals surface area contributed by atoms with E-state index in [0.717, 1.165) is 22.4 Å². The molecule has 2 aromatic rings. The molecule has 0 aliphatic heterocycles. The minimum Gasteiger partial charge on any atom is -0.493 e. The lowest BCUT2D eigenvalue weighted by molar-refractivity contribution is 0.279.